The Bertz CT molecular complexity index is 495. The lowest BCUT2D eigenvalue weighted by Crippen LogP contribution is -2.35. The van der Waals surface area contributed by atoms with Crippen LogP contribution in [-0.4, -0.2) is 66.2 Å². The third-order valence-corrected chi connectivity index (χ3v) is 4.09. The fraction of sp³-hybridized carbons (Fsp3) is 0.750. The number of carbonyl (C=O) groups excluding carboxylic acids is 1. The minimum Gasteiger partial charge on any atom is -0.349 e. The maximum absolute atomic E-state index is 12.3. The first-order chi connectivity index (χ1) is 10.5. The molecule has 1 aromatic rings. The summed E-state index contributed by atoms with van der Waals surface area (Å²) in [6.45, 7) is 8.93. The van der Waals surface area contributed by atoms with Crippen molar-refractivity contribution in [1.29, 1.82) is 0 Å². The number of likely N-dealkylation sites (N-methyl/N-ethyl adjacent to an activating group) is 1. The van der Waals surface area contributed by atoms with Crippen LogP contribution in [-0.2, 0) is 13.0 Å². The minimum absolute atomic E-state index is 0.0648. The molecule has 1 amide bonds. The molecule has 0 unspecified atom stereocenters. The monoisotopic (exact) mass is 307 g/mol. The number of rotatable bonds is 7. The SMILES string of the molecule is CC(C)CCN1CCc2[nH]nc(C(=O)NCCN(C)C)c2C1. The van der Waals surface area contributed by atoms with Gasteiger partial charge in [0.25, 0.3) is 5.91 Å². The van der Waals surface area contributed by atoms with E-state index in [9.17, 15) is 4.79 Å². The van der Waals surface area contributed by atoms with Crippen LogP contribution >= 0.6 is 0 Å². The molecular formula is C16H29N5O. The molecule has 0 saturated carbocycles. The third-order valence-electron chi connectivity index (χ3n) is 4.09. The molecular weight excluding hydrogens is 278 g/mol. The second-order valence-electron chi connectivity index (χ2n) is 6.80. The molecule has 2 heterocycles. The van der Waals surface area contributed by atoms with Gasteiger partial charge in [-0.15, -0.1) is 0 Å². The molecule has 22 heavy (non-hydrogen) atoms. The van der Waals surface area contributed by atoms with Crippen molar-refractivity contribution in [2.24, 2.45) is 5.92 Å². The number of nitrogens with one attached hydrogen (secondary N) is 2. The molecule has 0 bridgehead atoms. The molecule has 124 valence electrons. The summed E-state index contributed by atoms with van der Waals surface area (Å²) in [5.41, 5.74) is 2.78. The van der Waals surface area contributed by atoms with Crippen LogP contribution in [0, 0.1) is 5.92 Å². The first kappa shape index (κ1) is 17.0. The summed E-state index contributed by atoms with van der Waals surface area (Å²) >= 11 is 0. The van der Waals surface area contributed by atoms with Crippen molar-refractivity contribution in [3.63, 3.8) is 0 Å². The Kier molecular flexibility index (Phi) is 5.97. The third kappa shape index (κ3) is 4.55. The van der Waals surface area contributed by atoms with E-state index in [1.165, 1.54) is 6.42 Å². The Labute approximate surface area is 133 Å². The highest BCUT2D eigenvalue weighted by atomic mass is 16.1. The van der Waals surface area contributed by atoms with Crippen molar-refractivity contribution in [3.05, 3.63) is 17.0 Å². The smallest absolute Gasteiger partial charge is 0.272 e. The molecule has 1 aromatic heterocycles. The van der Waals surface area contributed by atoms with E-state index in [4.69, 9.17) is 0 Å². The molecule has 0 aromatic carbocycles. The van der Waals surface area contributed by atoms with Crippen LogP contribution in [0.25, 0.3) is 0 Å². The van der Waals surface area contributed by atoms with Gasteiger partial charge in [-0.2, -0.15) is 5.10 Å². The van der Waals surface area contributed by atoms with E-state index in [0.717, 1.165) is 43.9 Å². The van der Waals surface area contributed by atoms with E-state index in [0.29, 0.717) is 18.2 Å². The lowest BCUT2D eigenvalue weighted by atomic mass is 10.0. The van der Waals surface area contributed by atoms with Crippen molar-refractivity contribution < 1.29 is 4.79 Å². The van der Waals surface area contributed by atoms with Crippen LogP contribution in [0.3, 0.4) is 0 Å². The van der Waals surface area contributed by atoms with Gasteiger partial charge in [0.15, 0.2) is 5.69 Å². The average Bonchev–Trinajstić information content (AvgIpc) is 2.87. The summed E-state index contributed by atoms with van der Waals surface area (Å²) in [5.74, 6) is 0.643. The van der Waals surface area contributed by atoms with Gasteiger partial charge in [0.05, 0.1) is 0 Å². The van der Waals surface area contributed by atoms with Crippen LogP contribution in [0.4, 0.5) is 0 Å². The molecule has 2 rings (SSSR count). The second kappa shape index (κ2) is 7.74. The number of aromatic amines is 1. The molecule has 6 heteroatoms. The van der Waals surface area contributed by atoms with E-state index in [-0.39, 0.29) is 5.91 Å². The summed E-state index contributed by atoms with van der Waals surface area (Å²) in [6, 6.07) is 0. The molecule has 0 fully saturated rings. The predicted molar refractivity (Wildman–Crippen MR) is 87.9 cm³/mol. The van der Waals surface area contributed by atoms with Crippen LogP contribution < -0.4 is 5.32 Å². The van der Waals surface area contributed by atoms with Crippen molar-refractivity contribution in [2.45, 2.75) is 33.2 Å². The summed E-state index contributed by atoms with van der Waals surface area (Å²) < 4.78 is 0. The fourth-order valence-electron chi connectivity index (χ4n) is 2.65. The van der Waals surface area contributed by atoms with Crippen LogP contribution in [0.1, 0.15) is 42.0 Å². The zero-order valence-corrected chi connectivity index (χ0v) is 14.3. The molecule has 1 aliphatic rings. The highest BCUT2D eigenvalue weighted by Gasteiger charge is 2.25. The van der Waals surface area contributed by atoms with Gasteiger partial charge in [0.1, 0.15) is 0 Å². The number of hydrogen-bond donors (Lipinski definition) is 2. The summed E-state index contributed by atoms with van der Waals surface area (Å²) in [7, 11) is 3.99. The van der Waals surface area contributed by atoms with Crippen LogP contribution in [0.5, 0.6) is 0 Å². The van der Waals surface area contributed by atoms with Crippen molar-refractivity contribution in [3.8, 4) is 0 Å². The maximum Gasteiger partial charge on any atom is 0.272 e. The second-order valence-corrected chi connectivity index (χ2v) is 6.80. The zero-order valence-electron chi connectivity index (χ0n) is 14.3. The summed E-state index contributed by atoms with van der Waals surface area (Å²) in [4.78, 5) is 16.8. The number of H-pyrrole nitrogens is 1. The van der Waals surface area contributed by atoms with Crippen molar-refractivity contribution in [1.82, 2.24) is 25.3 Å². The van der Waals surface area contributed by atoms with Gasteiger partial charge in [-0.05, 0) is 33.0 Å². The number of nitrogens with zero attached hydrogens (tertiary/aromatic N) is 3. The van der Waals surface area contributed by atoms with Gasteiger partial charge in [-0.3, -0.25) is 14.8 Å². The van der Waals surface area contributed by atoms with E-state index >= 15 is 0 Å². The number of aromatic nitrogens is 2. The average molecular weight is 307 g/mol. The lowest BCUT2D eigenvalue weighted by molar-refractivity contribution is 0.0943. The van der Waals surface area contributed by atoms with Crippen molar-refractivity contribution >= 4 is 5.91 Å². The first-order valence-electron chi connectivity index (χ1n) is 8.18. The Hall–Kier alpha value is -1.40. The van der Waals surface area contributed by atoms with E-state index in [2.05, 4.69) is 34.3 Å². The van der Waals surface area contributed by atoms with Crippen molar-refractivity contribution in [2.75, 3.05) is 40.3 Å². The molecule has 0 aliphatic carbocycles. The van der Waals surface area contributed by atoms with Gasteiger partial charge in [0, 0.05) is 43.9 Å². The zero-order chi connectivity index (χ0) is 16.1. The number of fused-ring (bicyclic) bond motifs is 1. The molecule has 0 spiro atoms. The van der Waals surface area contributed by atoms with Gasteiger partial charge < -0.3 is 10.2 Å². The normalized spacial score (nSPS) is 15.4. The molecule has 0 atom stereocenters. The largest absolute Gasteiger partial charge is 0.349 e. The highest BCUT2D eigenvalue weighted by molar-refractivity contribution is 5.94. The van der Waals surface area contributed by atoms with Crippen LogP contribution in [0.2, 0.25) is 0 Å². The maximum atomic E-state index is 12.3. The van der Waals surface area contributed by atoms with Gasteiger partial charge in [-0.1, -0.05) is 13.8 Å². The first-order valence-corrected chi connectivity index (χ1v) is 8.18. The fourth-order valence-corrected chi connectivity index (χ4v) is 2.65. The van der Waals surface area contributed by atoms with E-state index in [1.807, 2.05) is 19.0 Å². The standard InChI is InChI=1S/C16H29N5O/c1-12(2)5-8-21-9-6-14-13(11-21)15(19-18-14)16(22)17-7-10-20(3)4/h12H,5-11H2,1-4H3,(H,17,22)(H,18,19). The topological polar surface area (TPSA) is 64.3 Å². The van der Waals surface area contributed by atoms with E-state index < -0.39 is 0 Å². The number of hydrogen-bond acceptors (Lipinski definition) is 4. The Morgan fingerprint density at radius 3 is 2.91 bits per heavy atom. The van der Waals surface area contributed by atoms with Gasteiger partial charge >= 0.3 is 0 Å². The number of amides is 1. The Balaban J connectivity index is 1.95. The molecule has 2 N–H and O–H groups in total. The summed E-state index contributed by atoms with van der Waals surface area (Å²) in [6.07, 6.45) is 2.14. The number of carbonyl (C=O) groups is 1. The van der Waals surface area contributed by atoms with E-state index in [1.54, 1.807) is 0 Å². The molecule has 0 radical (unpaired) electrons. The molecule has 1 aliphatic heterocycles. The predicted octanol–water partition coefficient (Wildman–Crippen LogP) is 1.11. The highest BCUT2D eigenvalue weighted by Crippen LogP contribution is 2.21. The molecule has 6 nitrogen and oxygen atoms in total. The van der Waals surface area contributed by atoms with Gasteiger partial charge in [0.2, 0.25) is 0 Å². The summed E-state index contributed by atoms with van der Waals surface area (Å²) in [5, 5.41) is 10.2. The van der Waals surface area contributed by atoms with Gasteiger partial charge in [-0.25, -0.2) is 0 Å². The Morgan fingerprint density at radius 2 is 2.23 bits per heavy atom. The quantitative estimate of drug-likeness (QED) is 0.792. The Morgan fingerprint density at radius 1 is 1.45 bits per heavy atom. The van der Waals surface area contributed by atoms with Crippen LogP contribution in [0.15, 0.2) is 0 Å². The molecule has 0 saturated heterocycles. The minimum atomic E-state index is -0.0648. The lowest BCUT2D eigenvalue weighted by Gasteiger charge is -2.27.